The van der Waals surface area contributed by atoms with Gasteiger partial charge in [0.15, 0.2) is 5.82 Å². The number of carbonyl (C=O) groups excluding carboxylic acids is 1. The number of H-pyrrole nitrogens is 1. The number of amides is 1. The van der Waals surface area contributed by atoms with Gasteiger partial charge in [-0.1, -0.05) is 61.9 Å². The van der Waals surface area contributed by atoms with Crippen LogP contribution in [0.2, 0.25) is 0 Å². The maximum Gasteiger partial charge on any atom is 0.408 e. The van der Waals surface area contributed by atoms with Gasteiger partial charge in [0.25, 0.3) is 5.91 Å². The molecule has 0 bridgehead atoms. The molecule has 1 saturated carbocycles. The standard InChI is InChI=1S/C27H28F3N7O3S/c1-2-3-8-23-22(24(37(33-23)16-27(28,29)30)26(38)34-41(39,40)19-13-14-19)15-17-9-11-18(12-10-17)20-6-4-5-7-21(20)25-31-35-36-32-25/h4-7,9-12,19H,2-3,8,13-16H2,1H3,(H,34,38)(H,31,32,35,36). The lowest BCUT2D eigenvalue weighted by Crippen LogP contribution is -2.36. The summed E-state index contributed by atoms with van der Waals surface area (Å²) in [6.45, 7) is 0.429. The van der Waals surface area contributed by atoms with E-state index in [-0.39, 0.29) is 17.7 Å². The average Bonchev–Trinajstić information content (AvgIpc) is 3.56. The fourth-order valence-corrected chi connectivity index (χ4v) is 5.96. The molecule has 2 N–H and O–H groups in total. The highest BCUT2D eigenvalue weighted by Crippen LogP contribution is 2.32. The van der Waals surface area contributed by atoms with Crippen molar-refractivity contribution in [2.45, 2.75) is 63.4 Å². The number of nitrogens with one attached hydrogen (secondary N) is 2. The normalized spacial score (nSPS) is 13.9. The summed E-state index contributed by atoms with van der Waals surface area (Å²) in [5.74, 6) is -0.600. The molecule has 2 aromatic heterocycles. The fourth-order valence-electron chi connectivity index (χ4n) is 4.68. The van der Waals surface area contributed by atoms with Gasteiger partial charge in [0, 0.05) is 17.5 Å². The van der Waals surface area contributed by atoms with Crippen LogP contribution in [0, 0.1) is 0 Å². The van der Waals surface area contributed by atoms with E-state index < -0.39 is 33.9 Å². The van der Waals surface area contributed by atoms with Crippen molar-refractivity contribution in [2.75, 3.05) is 0 Å². The molecule has 0 saturated heterocycles. The van der Waals surface area contributed by atoms with Crippen molar-refractivity contribution in [3.05, 3.63) is 71.0 Å². The lowest BCUT2D eigenvalue weighted by molar-refractivity contribution is -0.142. The molecule has 10 nitrogen and oxygen atoms in total. The lowest BCUT2D eigenvalue weighted by atomic mass is 9.95. The number of tetrazole rings is 1. The number of unbranched alkanes of at least 4 members (excludes halogenated alkanes) is 1. The zero-order valence-electron chi connectivity index (χ0n) is 22.1. The van der Waals surface area contributed by atoms with E-state index in [9.17, 15) is 26.4 Å². The Bertz CT molecular complexity index is 1630. The summed E-state index contributed by atoms with van der Waals surface area (Å²) in [6, 6.07) is 14.9. The third-order valence-corrected chi connectivity index (χ3v) is 8.64. The van der Waals surface area contributed by atoms with Gasteiger partial charge in [-0.15, -0.1) is 5.10 Å². The van der Waals surface area contributed by atoms with Gasteiger partial charge < -0.3 is 0 Å². The topological polar surface area (TPSA) is 136 Å². The second-order valence-corrected chi connectivity index (χ2v) is 12.0. The Morgan fingerprint density at radius 3 is 2.41 bits per heavy atom. The first kappa shape index (κ1) is 28.5. The smallest absolute Gasteiger partial charge is 0.266 e. The Labute approximate surface area is 234 Å². The highest BCUT2D eigenvalue weighted by Gasteiger charge is 2.39. The number of benzene rings is 2. The van der Waals surface area contributed by atoms with Crippen LogP contribution in [-0.4, -0.2) is 56.2 Å². The molecular formula is C27H28F3N7O3S. The number of halogens is 3. The van der Waals surface area contributed by atoms with Gasteiger partial charge in [-0.2, -0.15) is 18.3 Å². The zero-order valence-corrected chi connectivity index (χ0v) is 23.0. The van der Waals surface area contributed by atoms with Crippen LogP contribution in [0.15, 0.2) is 48.5 Å². The second kappa shape index (κ2) is 11.4. The Kier molecular flexibility index (Phi) is 7.93. The number of carbonyl (C=O) groups is 1. The Balaban J connectivity index is 1.51. The molecule has 1 fully saturated rings. The van der Waals surface area contributed by atoms with E-state index in [4.69, 9.17) is 0 Å². The third-order valence-electron chi connectivity index (χ3n) is 6.82. The molecule has 0 atom stereocenters. The number of aromatic amines is 1. The van der Waals surface area contributed by atoms with E-state index in [1.165, 1.54) is 0 Å². The molecule has 0 aliphatic heterocycles. The molecule has 1 aliphatic carbocycles. The third kappa shape index (κ3) is 6.64. The molecule has 14 heteroatoms. The van der Waals surface area contributed by atoms with Crippen LogP contribution < -0.4 is 4.72 Å². The van der Waals surface area contributed by atoms with Crippen molar-refractivity contribution < 1.29 is 26.4 Å². The maximum atomic E-state index is 13.5. The molecule has 0 spiro atoms. The Morgan fingerprint density at radius 1 is 1.10 bits per heavy atom. The van der Waals surface area contributed by atoms with Gasteiger partial charge in [0.1, 0.15) is 12.2 Å². The first-order valence-electron chi connectivity index (χ1n) is 13.2. The number of sulfonamides is 1. The van der Waals surface area contributed by atoms with Gasteiger partial charge in [0.05, 0.1) is 10.9 Å². The fraction of sp³-hybridized carbons (Fsp3) is 0.370. The van der Waals surface area contributed by atoms with Gasteiger partial charge in [0.2, 0.25) is 10.0 Å². The van der Waals surface area contributed by atoms with Gasteiger partial charge in [-0.05, 0) is 52.8 Å². The van der Waals surface area contributed by atoms with E-state index in [0.717, 1.165) is 28.7 Å². The summed E-state index contributed by atoms with van der Waals surface area (Å²) in [6.07, 6.45) is -2.01. The van der Waals surface area contributed by atoms with E-state index in [1.54, 1.807) is 0 Å². The Morgan fingerprint density at radius 2 is 1.80 bits per heavy atom. The van der Waals surface area contributed by atoms with E-state index in [1.807, 2.05) is 60.2 Å². The molecule has 0 radical (unpaired) electrons. The van der Waals surface area contributed by atoms with Crippen LogP contribution in [-0.2, 0) is 29.4 Å². The maximum absolute atomic E-state index is 13.5. The monoisotopic (exact) mass is 587 g/mol. The average molecular weight is 588 g/mol. The molecule has 2 heterocycles. The van der Waals surface area contributed by atoms with Crippen molar-refractivity contribution >= 4 is 15.9 Å². The molecular weight excluding hydrogens is 559 g/mol. The number of aryl methyl sites for hydroxylation is 1. The summed E-state index contributed by atoms with van der Waals surface area (Å²) >= 11 is 0. The van der Waals surface area contributed by atoms with Crippen molar-refractivity contribution in [1.82, 2.24) is 35.1 Å². The number of hydrogen-bond donors (Lipinski definition) is 2. The van der Waals surface area contributed by atoms with Crippen LogP contribution >= 0.6 is 0 Å². The molecule has 4 aromatic rings. The highest BCUT2D eigenvalue weighted by atomic mass is 32.2. The predicted octanol–water partition coefficient (Wildman–Crippen LogP) is 4.45. The number of nitrogens with zero attached hydrogens (tertiary/aromatic N) is 5. The van der Waals surface area contributed by atoms with Crippen LogP contribution in [0.25, 0.3) is 22.5 Å². The summed E-state index contributed by atoms with van der Waals surface area (Å²) in [4.78, 5) is 13.2. The molecule has 2 aromatic carbocycles. The minimum absolute atomic E-state index is 0.0943. The quantitative estimate of drug-likeness (QED) is 0.265. The zero-order chi connectivity index (χ0) is 29.2. The van der Waals surface area contributed by atoms with E-state index in [0.29, 0.717) is 41.9 Å². The van der Waals surface area contributed by atoms with Crippen LogP contribution in [0.1, 0.15) is 59.9 Å². The highest BCUT2D eigenvalue weighted by molar-refractivity contribution is 7.91. The van der Waals surface area contributed by atoms with Crippen molar-refractivity contribution in [3.8, 4) is 22.5 Å². The summed E-state index contributed by atoms with van der Waals surface area (Å²) < 4.78 is 68.1. The number of aromatic nitrogens is 6. The van der Waals surface area contributed by atoms with Crippen molar-refractivity contribution in [2.24, 2.45) is 0 Å². The van der Waals surface area contributed by atoms with E-state index >= 15 is 0 Å². The second-order valence-electron chi connectivity index (χ2n) is 9.99. The molecule has 0 unspecified atom stereocenters. The molecule has 5 rings (SSSR count). The molecule has 41 heavy (non-hydrogen) atoms. The molecule has 1 amide bonds. The summed E-state index contributed by atoms with van der Waals surface area (Å²) in [7, 11) is -3.99. The first-order valence-corrected chi connectivity index (χ1v) is 14.7. The van der Waals surface area contributed by atoms with E-state index in [2.05, 4.69) is 25.7 Å². The van der Waals surface area contributed by atoms with Crippen molar-refractivity contribution in [1.29, 1.82) is 0 Å². The van der Waals surface area contributed by atoms with Crippen molar-refractivity contribution in [3.63, 3.8) is 0 Å². The summed E-state index contributed by atoms with van der Waals surface area (Å²) in [5, 5.41) is 17.5. The van der Waals surface area contributed by atoms with Gasteiger partial charge in [-0.25, -0.2) is 18.2 Å². The van der Waals surface area contributed by atoms with Gasteiger partial charge >= 0.3 is 6.18 Å². The Hall–Kier alpha value is -4.07. The lowest BCUT2D eigenvalue weighted by Gasteiger charge is -2.13. The SMILES string of the molecule is CCCCc1nn(CC(F)(F)F)c(C(=O)NS(=O)(=O)C2CC2)c1Cc1ccc(-c2ccccc2-c2nnn[nH]2)cc1. The molecule has 216 valence electrons. The largest absolute Gasteiger partial charge is 0.408 e. The minimum Gasteiger partial charge on any atom is -0.266 e. The minimum atomic E-state index is -4.66. The number of hydrogen-bond acceptors (Lipinski definition) is 7. The summed E-state index contributed by atoms with van der Waals surface area (Å²) in [5.41, 5.74) is 3.47. The number of rotatable bonds is 11. The van der Waals surface area contributed by atoms with Crippen LogP contribution in [0.5, 0.6) is 0 Å². The number of alkyl halides is 3. The predicted molar refractivity (Wildman–Crippen MR) is 144 cm³/mol. The first-order chi connectivity index (χ1) is 19.6. The van der Waals surface area contributed by atoms with Crippen LogP contribution in [0.4, 0.5) is 13.2 Å². The molecule has 1 aliphatic rings. The van der Waals surface area contributed by atoms with Gasteiger partial charge in [-0.3, -0.25) is 9.48 Å². The van der Waals surface area contributed by atoms with Crippen LogP contribution in [0.3, 0.4) is 0 Å².